The van der Waals surface area contributed by atoms with Crippen LogP contribution >= 0.6 is 0 Å². The van der Waals surface area contributed by atoms with Gasteiger partial charge in [0.05, 0.1) is 0 Å². The number of nitrogens with one attached hydrogen (secondary N) is 1. The molecule has 0 aromatic heterocycles. The fraction of sp³-hybridized carbons (Fsp3) is 0.923. The molecule has 0 aromatic rings. The lowest BCUT2D eigenvalue weighted by atomic mass is 9.76. The van der Waals surface area contributed by atoms with Crippen molar-refractivity contribution in [1.29, 1.82) is 0 Å². The van der Waals surface area contributed by atoms with Crippen molar-refractivity contribution in [1.82, 2.24) is 10.2 Å². The first-order valence-corrected chi connectivity index (χ1v) is 6.90. The van der Waals surface area contributed by atoms with Gasteiger partial charge in [0.15, 0.2) is 0 Å². The highest BCUT2D eigenvalue weighted by atomic mass is 19.1. The van der Waals surface area contributed by atoms with Crippen LogP contribution < -0.4 is 11.1 Å². The topological polar surface area (TPSA) is 58.4 Å². The van der Waals surface area contributed by atoms with Crippen molar-refractivity contribution in [3.8, 4) is 0 Å². The molecule has 3 rings (SSSR count). The maximum atomic E-state index is 13.6. The van der Waals surface area contributed by atoms with E-state index in [1.807, 2.05) is 0 Å². The second-order valence-corrected chi connectivity index (χ2v) is 6.63. The summed E-state index contributed by atoms with van der Waals surface area (Å²) in [6, 6.07) is 0.609. The van der Waals surface area contributed by atoms with E-state index in [-0.39, 0.29) is 12.1 Å². The second kappa shape index (κ2) is 3.83. The number of likely N-dealkylation sites (tertiary alicyclic amines) is 1. The summed E-state index contributed by atoms with van der Waals surface area (Å²) < 4.78 is 13.6. The molecule has 18 heavy (non-hydrogen) atoms. The van der Waals surface area contributed by atoms with Crippen LogP contribution in [0.1, 0.15) is 39.0 Å². The Morgan fingerprint density at radius 2 is 1.89 bits per heavy atom. The maximum absolute atomic E-state index is 13.6. The smallest absolute Gasteiger partial charge is 0.317 e. The molecule has 5 heteroatoms. The largest absolute Gasteiger partial charge is 0.335 e. The number of hydrogen-bond acceptors (Lipinski definition) is 2. The van der Waals surface area contributed by atoms with Gasteiger partial charge in [-0.25, -0.2) is 9.18 Å². The fourth-order valence-corrected chi connectivity index (χ4v) is 3.31. The Hall–Kier alpha value is -0.840. The third kappa shape index (κ3) is 2.09. The number of alkyl halides is 1. The summed E-state index contributed by atoms with van der Waals surface area (Å²) in [6.45, 7) is 2.67. The molecule has 0 aromatic carbocycles. The molecule has 0 bridgehead atoms. The molecule has 1 unspecified atom stereocenters. The van der Waals surface area contributed by atoms with Crippen LogP contribution in [0, 0.1) is 5.41 Å². The van der Waals surface area contributed by atoms with E-state index >= 15 is 0 Å². The van der Waals surface area contributed by atoms with Gasteiger partial charge in [-0.2, -0.15) is 0 Å². The third-order valence-corrected chi connectivity index (χ3v) is 4.98. The monoisotopic (exact) mass is 255 g/mol. The predicted octanol–water partition coefficient (Wildman–Crippen LogP) is 1.40. The molecule has 3 fully saturated rings. The van der Waals surface area contributed by atoms with E-state index in [1.165, 1.54) is 0 Å². The van der Waals surface area contributed by atoms with Crippen LogP contribution in [0.4, 0.5) is 9.18 Å². The molecule has 2 amide bonds. The van der Waals surface area contributed by atoms with E-state index < -0.39 is 5.67 Å². The van der Waals surface area contributed by atoms with Crippen LogP contribution in [-0.2, 0) is 0 Å². The summed E-state index contributed by atoms with van der Waals surface area (Å²) in [5, 5.41) is 3.04. The molecular formula is C13H22FN3O. The zero-order chi connectivity index (χ0) is 13.0. The van der Waals surface area contributed by atoms with Gasteiger partial charge in [0, 0.05) is 25.2 Å². The van der Waals surface area contributed by atoms with E-state index in [1.54, 1.807) is 11.8 Å². The Kier molecular flexibility index (Phi) is 2.59. The molecule has 3 aliphatic rings. The van der Waals surface area contributed by atoms with Crippen LogP contribution in [0.2, 0.25) is 0 Å². The minimum atomic E-state index is -1.10. The molecule has 1 atom stereocenters. The quantitative estimate of drug-likeness (QED) is 0.744. The fourth-order valence-electron chi connectivity index (χ4n) is 3.31. The van der Waals surface area contributed by atoms with Crippen molar-refractivity contribution in [3.05, 3.63) is 0 Å². The highest BCUT2D eigenvalue weighted by Gasteiger charge is 2.60. The standard InChI is InChI=1S/C13H22FN3O/c1-12(14)2-4-17(5-3-12)11(18)16-9-6-13(7-9)8-10(13)15/h9-10H,2-8,15H2,1H3,(H,16,18). The third-order valence-electron chi connectivity index (χ3n) is 4.98. The number of carbonyl (C=O) groups is 1. The van der Waals surface area contributed by atoms with Crippen molar-refractivity contribution in [2.45, 2.75) is 56.8 Å². The number of hydrogen-bond donors (Lipinski definition) is 2. The minimum absolute atomic E-state index is 0.0282. The Labute approximate surface area is 107 Å². The molecule has 1 saturated heterocycles. The SMILES string of the molecule is CC1(F)CCN(C(=O)NC2CC3(C2)CC3N)CC1. The zero-order valence-corrected chi connectivity index (χ0v) is 10.9. The van der Waals surface area contributed by atoms with E-state index in [9.17, 15) is 9.18 Å². The van der Waals surface area contributed by atoms with Gasteiger partial charge < -0.3 is 16.0 Å². The normalized spacial score (nSPS) is 41.4. The van der Waals surface area contributed by atoms with E-state index in [0.29, 0.717) is 37.4 Å². The number of amides is 2. The molecular weight excluding hydrogens is 233 g/mol. The van der Waals surface area contributed by atoms with Crippen molar-refractivity contribution in [3.63, 3.8) is 0 Å². The van der Waals surface area contributed by atoms with Crippen LogP contribution in [0.25, 0.3) is 0 Å². The van der Waals surface area contributed by atoms with Crippen molar-refractivity contribution < 1.29 is 9.18 Å². The Balaban J connectivity index is 1.43. The number of piperidine rings is 1. The van der Waals surface area contributed by atoms with Gasteiger partial charge in [0.25, 0.3) is 0 Å². The van der Waals surface area contributed by atoms with Gasteiger partial charge in [-0.15, -0.1) is 0 Å². The molecule has 3 N–H and O–H groups in total. The number of halogens is 1. The number of rotatable bonds is 1. The van der Waals surface area contributed by atoms with Crippen molar-refractivity contribution in [2.75, 3.05) is 13.1 Å². The van der Waals surface area contributed by atoms with Crippen LogP contribution in [-0.4, -0.2) is 41.8 Å². The number of carbonyl (C=O) groups excluding carboxylic acids is 1. The molecule has 0 radical (unpaired) electrons. The summed E-state index contributed by atoms with van der Waals surface area (Å²) in [5.41, 5.74) is 5.12. The Morgan fingerprint density at radius 3 is 2.39 bits per heavy atom. The lowest BCUT2D eigenvalue weighted by Gasteiger charge is -2.40. The lowest BCUT2D eigenvalue weighted by Crippen LogP contribution is -2.54. The maximum Gasteiger partial charge on any atom is 0.317 e. The molecule has 1 spiro atoms. The van der Waals surface area contributed by atoms with E-state index in [4.69, 9.17) is 5.73 Å². The van der Waals surface area contributed by atoms with Gasteiger partial charge in [-0.05, 0) is 44.4 Å². The predicted molar refractivity (Wildman–Crippen MR) is 66.9 cm³/mol. The van der Waals surface area contributed by atoms with Gasteiger partial charge in [-0.1, -0.05) is 0 Å². The van der Waals surface area contributed by atoms with Gasteiger partial charge in [0.1, 0.15) is 5.67 Å². The number of nitrogens with two attached hydrogens (primary N) is 1. The van der Waals surface area contributed by atoms with Crippen molar-refractivity contribution >= 4 is 6.03 Å². The average molecular weight is 255 g/mol. The summed E-state index contributed by atoms with van der Waals surface area (Å²) in [5.74, 6) is 0. The molecule has 2 aliphatic carbocycles. The summed E-state index contributed by atoms with van der Waals surface area (Å²) in [7, 11) is 0. The molecule has 1 heterocycles. The highest BCUT2D eigenvalue weighted by Crippen LogP contribution is 2.59. The Morgan fingerprint density at radius 1 is 1.33 bits per heavy atom. The first-order valence-electron chi connectivity index (χ1n) is 6.90. The number of nitrogens with zero attached hydrogens (tertiary/aromatic N) is 1. The van der Waals surface area contributed by atoms with Crippen LogP contribution in [0.3, 0.4) is 0 Å². The van der Waals surface area contributed by atoms with Crippen LogP contribution in [0.15, 0.2) is 0 Å². The van der Waals surface area contributed by atoms with Crippen LogP contribution in [0.5, 0.6) is 0 Å². The molecule has 1 aliphatic heterocycles. The first kappa shape index (κ1) is 12.2. The second-order valence-electron chi connectivity index (χ2n) is 6.63. The highest BCUT2D eigenvalue weighted by molar-refractivity contribution is 5.74. The molecule has 102 valence electrons. The van der Waals surface area contributed by atoms with Crippen molar-refractivity contribution in [2.24, 2.45) is 11.1 Å². The summed E-state index contributed by atoms with van der Waals surface area (Å²) in [4.78, 5) is 13.7. The minimum Gasteiger partial charge on any atom is -0.335 e. The van der Waals surface area contributed by atoms with Gasteiger partial charge in [0.2, 0.25) is 0 Å². The first-order chi connectivity index (χ1) is 8.40. The average Bonchev–Trinajstić information content (AvgIpc) is 2.89. The zero-order valence-electron chi connectivity index (χ0n) is 10.9. The lowest BCUT2D eigenvalue weighted by molar-refractivity contribution is 0.0826. The van der Waals surface area contributed by atoms with E-state index in [0.717, 1.165) is 19.3 Å². The summed E-state index contributed by atoms with van der Waals surface area (Å²) in [6.07, 6.45) is 4.05. The summed E-state index contributed by atoms with van der Waals surface area (Å²) >= 11 is 0. The Bertz CT molecular complexity index is 355. The van der Waals surface area contributed by atoms with Gasteiger partial charge >= 0.3 is 6.03 Å². The molecule has 2 saturated carbocycles. The number of urea groups is 1. The van der Waals surface area contributed by atoms with Gasteiger partial charge in [-0.3, -0.25) is 0 Å². The molecule has 4 nitrogen and oxygen atoms in total. The van der Waals surface area contributed by atoms with E-state index in [2.05, 4.69) is 5.32 Å².